The number of aliphatic hydroxyl groups is 1. The SMILES string of the molecule is COC(=O)NC1Cc2ccccc2N(C(=O)CC(C)(C)C[C@H](N)[C@@H](O)CNC(=O)C(C)(C)c2cccc(F)c2)C1. The second-order valence-corrected chi connectivity index (χ2v) is 11.8. The molecule has 1 unspecified atom stereocenters. The third-order valence-electron chi connectivity index (χ3n) is 7.46. The molecule has 2 aromatic carbocycles. The quantitative estimate of drug-likeness (QED) is 0.356. The third kappa shape index (κ3) is 7.79. The molecule has 10 heteroatoms. The summed E-state index contributed by atoms with van der Waals surface area (Å²) in [7, 11) is 1.30. The van der Waals surface area contributed by atoms with E-state index in [1.54, 1.807) is 30.9 Å². The second kappa shape index (κ2) is 12.8. The van der Waals surface area contributed by atoms with Gasteiger partial charge in [0.15, 0.2) is 0 Å². The molecule has 0 spiro atoms. The van der Waals surface area contributed by atoms with E-state index >= 15 is 0 Å². The first-order valence-electron chi connectivity index (χ1n) is 13.4. The Bertz CT molecular complexity index is 1220. The van der Waals surface area contributed by atoms with E-state index in [0.29, 0.717) is 24.9 Å². The third-order valence-corrected chi connectivity index (χ3v) is 7.46. The van der Waals surface area contributed by atoms with Gasteiger partial charge in [-0.2, -0.15) is 0 Å². The van der Waals surface area contributed by atoms with Gasteiger partial charge in [-0.1, -0.05) is 44.2 Å². The Hall–Kier alpha value is -3.50. The smallest absolute Gasteiger partial charge is 0.407 e. The van der Waals surface area contributed by atoms with Gasteiger partial charge in [0.1, 0.15) is 5.82 Å². The minimum atomic E-state index is -1.05. The highest BCUT2D eigenvalue weighted by Crippen LogP contribution is 2.33. The van der Waals surface area contributed by atoms with Crippen molar-refractivity contribution in [3.63, 3.8) is 0 Å². The first-order valence-corrected chi connectivity index (χ1v) is 13.4. The number of ether oxygens (including phenoxy) is 1. The molecular weight excluding hydrogens is 515 g/mol. The Morgan fingerprint density at radius 1 is 1.15 bits per heavy atom. The molecule has 0 bridgehead atoms. The van der Waals surface area contributed by atoms with Crippen LogP contribution in [-0.4, -0.2) is 61.4 Å². The standard InChI is InChI=1S/C30H41FN4O5/c1-29(2,15-23(32)25(36)17-33-27(38)30(3,4)20-10-8-11-21(31)14-20)16-26(37)35-18-22(34-28(39)40-5)13-19-9-6-7-12-24(19)35/h6-12,14,22-23,25,36H,13,15-18,32H2,1-5H3,(H,33,38)(H,34,39)/t22?,23-,25-/m0/s1. The number of benzene rings is 2. The molecule has 1 aliphatic rings. The van der Waals surface area contributed by atoms with E-state index < -0.39 is 34.9 Å². The van der Waals surface area contributed by atoms with Crippen LogP contribution in [0.15, 0.2) is 48.5 Å². The highest BCUT2D eigenvalue weighted by molar-refractivity contribution is 5.95. The number of hydrogen-bond donors (Lipinski definition) is 4. The highest BCUT2D eigenvalue weighted by Gasteiger charge is 2.35. The molecule has 0 aromatic heterocycles. The van der Waals surface area contributed by atoms with Crippen LogP contribution in [-0.2, 0) is 26.2 Å². The lowest BCUT2D eigenvalue weighted by atomic mass is 9.80. The number of halogens is 1. The maximum Gasteiger partial charge on any atom is 0.407 e. The average Bonchev–Trinajstić information content (AvgIpc) is 2.90. The molecule has 0 saturated carbocycles. The Morgan fingerprint density at radius 3 is 2.52 bits per heavy atom. The van der Waals surface area contributed by atoms with Crippen LogP contribution in [0.2, 0.25) is 0 Å². The molecule has 1 heterocycles. The first kappa shape index (κ1) is 31.0. The summed E-state index contributed by atoms with van der Waals surface area (Å²) < 4.78 is 18.4. The van der Waals surface area contributed by atoms with Crippen molar-refractivity contribution in [3.05, 3.63) is 65.5 Å². The molecule has 0 aliphatic carbocycles. The molecule has 0 fully saturated rings. The number of nitrogens with two attached hydrogens (primary N) is 1. The van der Waals surface area contributed by atoms with Crippen molar-refractivity contribution in [1.82, 2.24) is 10.6 Å². The molecule has 40 heavy (non-hydrogen) atoms. The molecule has 0 saturated heterocycles. The molecule has 0 radical (unpaired) electrons. The van der Waals surface area contributed by atoms with E-state index in [4.69, 9.17) is 10.5 Å². The summed E-state index contributed by atoms with van der Waals surface area (Å²) in [4.78, 5) is 39.8. The van der Waals surface area contributed by atoms with Crippen LogP contribution in [0.1, 0.15) is 51.7 Å². The van der Waals surface area contributed by atoms with Gasteiger partial charge in [0.05, 0.1) is 24.7 Å². The van der Waals surface area contributed by atoms with Gasteiger partial charge in [0, 0.05) is 31.2 Å². The van der Waals surface area contributed by atoms with Gasteiger partial charge in [-0.25, -0.2) is 9.18 Å². The Morgan fingerprint density at radius 2 is 1.85 bits per heavy atom. The monoisotopic (exact) mass is 556 g/mol. The maximum atomic E-state index is 13.7. The number of hydrogen-bond acceptors (Lipinski definition) is 6. The van der Waals surface area contributed by atoms with E-state index in [2.05, 4.69) is 10.6 Å². The summed E-state index contributed by atoms with van der Waals surface area (Å²) in [6, 6.07) is 12.4. The van der Waals surface area contributed by atoms with E-state index in [9.17, 15) is 23.9 Å². The van der Waals surface area contributed by atoms with Crippen molar-refractivity contribution >= 4 is 23.6 Å². The van der Waals surface area contributed by atoms with Crippen molar-refractivity contribution in [1.29, 1.82) is 0 Å². The fourth-order valence-corrected chi connectivity index (χ4v) is 5.08. The lowest BCUT2D eigenvalue weighted by molar-refractivity contribution is -0.126. The lowest BCUT2D eigenvalue weighted by Crippen LogP contribution is -2.51. The molecule has 5 N–H and O–H groups in total. The number of rotatable bonds is 10. The lowest BCUT2D eigenvalue weighted by Gasteiger charge is -2.37. The Balaban J connectivity index is 1.59. The average molecular weight is 557 g/mol. The zero-order valence-corrected chi connectivity index (χ0v) is 23.9. The van der Waals surface area contributed by atoms with E-state index in [0.717, 1.165) is 11.3 Å². The van der Waals surface area contributed by atoms with Gasteiger partial charge in [0.25, 0.3) is 0 Å². The summed E-state index contributed by atoms with van der Waals surface area (Å²) in [5, 5.41) is 16.2. The van der Waals surface area contributed by atoms with Crippen molar-refractivity contribution in [2.45, 2.75) is 70.6 Å². The summed E-state index contributed by atoms with van der Waals surface area (Å²) in [5.74, 6) is -0.918. The van der Waals surface area contributed by atoms with Crippen molar-refractivity contribution < 1.29 is 28.6 Å². The minimum absolute atomic E-state index is 0.0802. The predicted molar refractivity (Wildman–Crippen MR) is 151 cm³/mol. The van der Waals surface area contributed by atoms with Crippen LogP contribution < -0.4 is 21.3 Å². The van der Waals surface area contributed by atoms with Gasteiger partial charge in [-0.15, -0.1) is 0 Å². The van der Waals surface area contributed by atoms with Crippen LogP contribution in [0.3, 0.4) is 0 Å². The number of aliphatic hydroxyl groups excluding tert-OH is 1. The van der Waals surface area contributed by atoms with Crippen LogP contribution in [0.25, 0.3) is 0 Å². The predicted octanol–water partition coefficient (Wildman–Crippen LogP) is 3.03. The number of nitrogens with one attached hydrogen (secondary N) is 2. The molecular formula is C30H41FN4O5. The molecule has 9 nitrogen and oxygen atoms in total. The Kier molecular flexibility index (Phi) is 9.92. The number of nitrogens with zero attached hydrogens (tertiary/aromatic N) is 1. The van der Waals surface area contributed by atoms with Crippen molar-refractivity contribution in [2.24, 2.45) is 11.1 Å². The molecule has 3 rings (SSSR count). The number of anilines is 1. The van der Waals surface area contributed by atoms with E-state index in [1.807, 2.05) is 38.1 Å². The minimum Gasteiger partial charge on any atom is -0.453 e. The van der Waals surface area contributed by atoms with Crippen LogP contribution in [0, 0.1) is 11.2 Å². The number of para-hydroxylation sites is 1. The van der Waals surface area contributed by atoms with Crippen LogP contribution in [0.4, 0.5) is 14.9 Å². The van der Waals surface area contributed by atoms with E-state index in [-0.39, 0.29) is 30.8 Å². The highest BCUT2D eigenvalue weighted by atomic mass is 19.1. The maximum absolute atomic E-state index is 13.7. The van der Waals surface area contributed by atoms with E-state index in [1.165, 1.54) is 19.2 Å². The molecule has 218 valence electrons. The fraction of sp³-hybridized carbons (Fsp3) is 0.500. The number of fused-ring (bicyclic) bond motifs is 1. The fourth-order valence-electron chi connectivity index (χ4n) is 5.08. The molecule has 1 aliphatic heterocycles. The topological polar surface area (TPSA) is 134 Å². The molecule has 3 amide bonds. The normalized spacial score (nSPS) is 16.9. The number of carbonyl (C=O) groups excluding carboxylic acids is 3. The molecule has 3 atom stereocenters. The molecule has 2 aromatic rings. The number of amides is 3. The zero-order chi connectivity index (χ0) is 29.7. The van der Waals surface area contributed by atoms with Crippen LogP contribution >= 0.6 is 0 Å². The Labute approximate surface area is 235 Å². The van der Waals surface area contributed by atoms with Gasteiger partial charge in [-0.3, -0.25) is 9.59 Å². The summed E-state index contributed by atoms with van der Waals surface area (Å²) in [6.45, 7) is 7.41. The van der Waals surface area contributed by atoms with Gasteiger partial charge in [0.2, 0.25) is 11.8 Å². The zero-order valence-electron chi connectivity index (χ0n) is 23.9. The summed E-state index contributed by atoms with van der Waals surface area (Å²) >= 11 is 0. The van der Waals surface area contributed by atoms with Crippen molar-refractivity contribution in [3.8, 4) is 0 Å². The van der Waals surface area contributed by atoms with Gasteiger partial charge < -0.3 is 31.1 Å². The first-order chi connectivity index (χ1) is 18.7. The summed E-state index contributed by atoms with van der Waals surface area (Å²) in [5.41, 5.74) is 7.01. The largest absolute Gasteiger partial charge is 0.453 e. The number of alkyl carbamates (subject to hydrolysis) is 1. The van der Waals surface area contributed by atoms with Crippen LogP contribution in [0.5, 0.6) is 0 Å². The van der Waals surface area contributed by atoms with Gasteiger partial charge >= 0.3 is 6.09 Å². The second-order valence-electron chi connectivity index (χ2n) is 11.8. The van der Waals surface area contributed by atoms with Gasteiger partial charge in [-0.05, 0) is 61.4 Å². The number of methoxy groups -OCH3 is 1. The summed E-state index contributed by atoms with van der Waals surface area (Å²) in [6.07, 6.45) is -0.542. The van der Waals surface area contributed by atoms with Crippen molar-refractivity contribution in [2.75, 3.05) is 25.1 Å². The number of carbonyl (C=O) groups is 3.